The minimum absolute atomic E-state index is 0.131. The standard InChI is InChI=1S/C11H18F3N3O/c1-8(2)17-6-10(5-16-17)18-9(3)4-15-7-11(12,13)14/h5-6,8-9,15H,4,7H2,1-3H3. The minimum atomic E-state index is -4.19. The Labute approximate surface area is 104 Å². The molecule has 0 spiro atoms. The average molecular weight is 265 g/mol. The van der Waals surface area contributed by atoms with Gasteiger partial charge in [-0.05, 0) is 20.8 Å². The van der Waals surface area contributed by atoms with Crippen molar-refractivity contribution in [1.82, 2.24) is 15.1 Å². The van der Waals surface area contributed by atoms with E-state index in [0.29, 0.717) is 5.75 Å². The van der Waals surface area contributed by atoms with Crippen LogP contribution in [-0.2, 0) is 0 Å². The zero-order valence-corrected chi connectivity index (χ0v) is 10.7. The molecule has 0 aliphatic carbocycles. The van der Waals surface area contributed by atoms with E-state index in [2.05, 4.69) is 10.4 Å². The largest absolute Gasteiger partial charge is 0.486 e. The molecule has 0 radical (unpaired) electrons. The van der Waals surface area contributed by atoms with Gasteiger partial charge in [0.2, 0.25) is 0 Å². The molecule has 1 atom stereocenters. The van der Waals surface area contributed by atoms with Crippen LogP contribution in [-0.4, -0.2) is 35.2 Å². The summed E-state index contributed by atoms with van der Waals surface area (Å²) in [4.78, 5) is 0. The van der Waals surface area contributed by atoms with Crippen LogP contribution in [0.25, 0.3) is 0 Å². The first-order valence-corrected chi connectivity index (χ1v) is 5.76. The van der Waals surface area contributed by atoms with Crippen molar-refractivity contribution in [3.63, 3.8) is 0 Å². The van der Waals surface area contributed by atoms with Gasteiger partial charge in [0.05, 0.1) is 18.9 Å². The van der Waals surface area contributed by atoms with Crippen molar-refractivity contribution in [1.29, 1.82) is 0 Å². The lowest BCUT2D eigenvalue weighted by molar-refractivity contribution is -0.125. The van der Waals surface area contributed by atoms with Gasteiger partial charge in [0, 0.05) is 12.6 Å². The van der Waals surface area contributed by atoms with Crippen molar-refractivity contribution in [3.05, 3.63) is 12.4 Å². The van der Waals surface area contributed by atoms with E-state index < -0.39 is 12.7 Å². The average Bonchev–Trinajstić information content (AvgIpc) is 2.64. The van der Waals surface area contributed by atoms with Gasteiger partial charge in [0.15, 0.2) is 5.75 Å². The van der Waals surface area contributed by atoms with E-state index in [9.17, 15) is 13.2 Å². The summed E-state index contributed by atoms with van der Waals surface area (Å²) in [5.41, 5.74) is 0. The van der Waals surface area contributed by atoms with Crippen molar-refractivity contribution >= 4 is 0 Å². The van der Waals surface area contributed by atoms with Crippen molar-refractivity contribution in [2.24, 2.45) is 0 Å². The van der Waals surface area contributed by atoms with E-state index in [-0.39, 0.29) is 18.7 Å². The maximum absolute atomic E-state index is 11.9. The first kappa shape index (κ1) is 14.8. The summed E-state index contributed by atoms with van der Waals surface area (Å²) in [6.07, 6.45) is -1.26. The highest BCUT2D eigenvalue weighted by Gasteiger charge is 2.26. The molecule has 104 valence electrons. The molecule has 1 rings (SSSR count). The predicted molar refractivity (Wildman–Crippen MR) is 61.6 cm³/mol. The van der Waals surface area contributed by atoms with Crippen LogP contribution in [0.3, 0.4) is 0 Å². The van der Waals surface area contributed by atoms with Gasteiger partial charge in [0.1, 0.15) is 6.10 Å². The molecule has 1 heterocycles. The van der Waals surface area contributed by atoms with Crippen LogP contribution in [0.2, 0.25) is 0 Å². The molecule has 1 N–H and O–H groups in total. The molecule has 0 amide bonds. The third kappa shape index (κ3) is 5.39. The molecular formula is C11H18F3N3O. The summed E-state index contributed by atoms with van der Waals surface area (Å²) in [7, 11) is 0. The zero-order chi connectivity index (χ0) is 13.8. The number of alkyl halides is 3. The summed E-state index contributed by atoms with van der Waals surface area (Å²) >= 11 is 0. The molecule has 1 unspecified atom stereocenters. The van der Waals surface area contributed by atoms with Crippen molar-refractivity contribution in [3.8, 4) is 5.75 Å². The Balaban J connectivity index is 2.33. The summed E-state index contributed by atoms with van der Waals surface area (Å²) in [6.45, 7) is 4.78. The summed E-state index contributed by atoms with van der Waals surface area (Å²) < 4.78 is 42.9. The van der Waals surface area contributed by atoms with E-state index in [1.165, 1.54) is 0 Å². The Hall–Kier alpha value is -1.24. The number of hydrogen-bond donors (Lipinski definition) is 1. The first-order chi connectivity index (χ1) is 8.28. The van der Waals surface area contributed by atoms with Gasteiger partial charge in [-0.15, -0.1) is 0 Å². The molecule has 0 aliphatic heterocycles. The molecule has 4 nitrogen and oxygen atoms in total. The van der Waals surface area contributed by atoms with E-state index in [1.54, 1.807) is 24.0 Å². The smallest absolute Gasteiger partial charge is 0.401 e. The fraction of sp³-hybridized carbons (Fsp3) is 0.727. The lowest BCUT2D eigenvalue weighted by Crippen LogP contribution is -2.35. The number of hydrogen-bond acceptors (Lipinski definition) is 3. The van der Waals surface area contributed by atoms with Gasteiger partial charge in [-0.3, -0.25) is 4.68 Å². The number of halogens is 3. The number of nitrogens with one attached hydrogen (secondary N) is 1. The fourth-order valence-corrected chi connectivity index (χ4v) is 1.36. The molecule has 0 bridgehead atoms. The second-order valence-electron chi connectivity index (χ2n) is 4.42. The quantitative estimate of drug-likeness (QED) is 0.858. The van der Waals surface area contributed by atoms with Crippen molar-refractivity contribution in [2.75, 3.05) is 13.1 Å². The predicted octanol–water partition coefficient (Wildman–Crippen LogP) is 2.38. The molecular weight excluding hydrogens is 247 g/mol. The molecule has 1 aromatic heterocycles. The molecule has 0 aromatic carbocycles. The van der Waals surface area contributed by atoms with Gasteiger partial charge >= 0.3 is 6.18 Å². The monoisotopic (exact) mass is 265 g/mol. The molecule has 0 fully saturated rings. The van der Waals surface area contributed by atoms with Crippen LogP contribution in [0, 0.1) is 0 Å². The van der Waals surface area contributed by atoms with E-state index in [4.69, 9.17) is 4.74 Å². The maximum atomic E-state index is 11.9. The number of aromatic nitrogens is 2. The second kappa shape index (κ2) is 6.08. The lowest BCUT2D eigenvalue weighted by Gasteiger charge is -2.15. The Kier molecular flexibility index (Phi) is 5.01. The van der Waals surface area contributed by atoms with E-state index >= 15 is 0 Å². The number of ether oxygens (including phenoxy) is 1. The molecule has 18 heavy (non-hydrogen) atoms. The van der Waals surface area contributed by atoms with Gasteiger partial charge in [-0.1, -0.05) is 0 Å². The normalized spacial score (nSPS) is 13.9. The van der Waals surface area contributed by atoms with Gasteiger partial charge < -0.3 is 10.1 Å². The maximum Gasteiger partial charge on any atom is 0.401 e. The summed E-state index contributed by atoms with van der Waals surface area (Å²) in [6, 6.07) is 0.223. The summed E-state index contributed by atoms with van der Waals surface area (Å²) in [5.74, 6) is 0.560. The second-order valence-corrected chi connectivity index (χ2v) is 4.42. The Bertz CT molecular complexity index is 363. The van der Waals surface area contributed by atoms with E-state index in [1.807, 2.05) is 13.8 Å². The third-order valence-corrected chi connectivity index (χ3v) is 2.20. The Morgan fingerprint density at radius 1 is 1.39 bits per heavy atom. The fourth-order valence-electron chi connectivity index (χ4n) is 1.36. The van der Waals surface area contributed by atoms with Crippen LogP contribution in [0.4, 0.5) is 13.2 Å². The SMILES string of the molecule is CC(CNCC(F)(F)F)Oc1cnn(C(C)C)c1. The highest BCUT2D eigenvalue weighted by molar-refractivity contribution is 5.12. The molecule has 7 heteroatoms. The third-order valence-electron chi connectivity index (χ3n) is 2.20. The van der Waals surface area contributed by atoms with Crippen molar-refractivity contribution < 1.29 is 17.9 Å². The molecule has 1 aromatic rings. The van der Waals surface area contributed by atoms with Crippen LogP contribution in [0.5, 0.6) is 5.75 Å². The van der Waals surface area contributed by atoms with Crippen LogP contribution in [0.15, 0.2) is 12.4 Å². The zero-order valence-electron chi connectivity index (χ0n) is 10.7. The Morgan fingerprint density at radius 3 is 2.56 bits per heavy atom. The number of rotatable bonds is 6. The first-order valence-electron chi connectivity index (χ1n) is 5.76. The van der Waals surface area contributed by atoms with Crippen LogP contribution in [0.1, 0.15) is 26.8 Å². The molecule has 0 saturated heterocycles. The molecule has 0 saturated carbocycles. The van der Waals surface area contributed by atoms with Crippen LogP contribution >= 0.6 is 0 Å². The van der Waals surface area contributed by atoms with Gasteiger partial charge in [-0.2, -0.15) is 18.3 Å². The topological polar surface area (TPSA) is 39.1 Å². The minimum Gasteiger partial charge on any atom is -0.486 e. The summed E-state index contributed by atoms with van der Waals surface area (Å²) in [5, 5.41) is 6.38. The Morgan fingerprint density at radius 2 is 2.06 bits per heavy atom. The highest BCUT2D eigenvalue weighted by Crippen LogP contribution is 2.14. The van der Waals surface area contributed by atoms with Gasteiger partial charge in [-0.25, -0.2) is 0 Å². The number of nitrogens with zero attached hydrogens (tertiary/aromatic N) is 2. The van der Waals surface area contributed by atoms with Crippen molar-refractivity contribution in [2.45, 2.75) is 39.1 Å². The lowest BCUT2D eigenvalue weighted by atomic mass is 10.4. The van der Waals surface area contributed by atoms with Crippen LogP contribution < -0.4 is 10.1 Å². The van der Waals surface area contributed by atoms with Gasteiger partial charge in [0.25, 0.3) is 0 Å². The highest BCUT2D eigenvalue weighted by atomic mass is 19.4. The molecule has 0 aliphatic rings. The van der Waals surface area contributed by atoms with E-state index in [0.717, 1.165) is 0 Å².